The molecular formula is C20H20N2O4S. The zero-order valence-corrected chi connectivity index (χ0v) is 16.0. The monoisotopic (exact) mass is 384 g/mol. The molecule has 6 nitrogen and oxygen atoms in total. The quantitative estimate of drug-likeness (QED) is 0.819. The molecule has 140 valence electrons. The highest BCUT2D eigenvalue weighted by atomic mass is 32.2. The summed E-state index contributed by atoms with van der Waals surface area (Å²) in [6.07, 6.45) is 0. The van der Waals surface area contributed by atoms with Gasteiger partial charge in [-0.3, -0.25) is 9.59 Å². The molecule has 0 aromatic heterocycles. The van der Waals surface area contributed by atoms with E-state index in [0.29, 0.717) is 12.2 Å². The lowest BCUT2D eigenvalue weighted by Crippen LogP contribution is -2.38. The fourth-order valence-electron chi connectivity index (χ4n) is 2.89. The Balaban J connectivity index is 1.71. The molecule has 27 heavy (non-hydrogen) atoms. The molecule has 2 aromatic rings. The van der Waals surface area contributed by atoms with Crippen molar-refractivity contribution in [3.8, 4) is 0 Å². The maximum Gasteiger partial charge on any atom is 0.340 e. The molecule has 0 unspecified atom stereocenters. The number of para-hydroxylation sites is 2. The molecule has 1 aliphatic heterocycles. The van der Waals surface area contributed by atoms with Crippen molar-refractivity contribution in [2.45, 2.75) is 18.7 Å². The molecule has 0 spiro atoms. The second kappa shape index (κ2) is 8.26. The van der Waals surface area contributed by atoms with Gasteiger partial charge in [-0.1, -0.05) is 24.3 Å². The van der Waals surface area contributed by atoms with E-state index < -0.39 is 5.97 Å². The van der Waals surface area contributed by atoms with Crippen molar-refractivity contribution in [1.29, 1.82) is 0 Å². The normalized spacial score (nSPS) is 12.9. The Morgan fingerprint density at radius 3 is 2.70 bits per heavy atom. The smallest absolute Gasteiger partial charge is 0.340 e. The van der Waals surface area contributed by atoms with Gasteiger partial charge < -0.3 is 15.0 Å². The van der Waals surface area contributed by atoms with Crippen LogP contribution in [0.2, 0.25) is 0 Å². The van der Waals surface area contributed by atoms with Crippen LogP contribution in [0, 0.1) is 6.92 Å². The lowest BCUT2D eigenvalue weighted by molar-refractivity contribution is -0.121. The highest BCUT2D eigenvalue weighted by molar-refractivity contribution is 7.99. The number of nitrogens with zero attached hydrogens (tertiary/aromatic N) is 1. The van der Waals surface area contributed by atoms with E-state index >= 15 is 0 Å². The largest absolute Gasteiger partial charge is 0.452 e. The van der Waals surface area contributed by atoms with E-state index in [1.54, 1.807) is 41.8 Å². The molecule has 7 heteroatoms. The molecule has 2 amide bonds. The summed E-state index contributed by atoms with van der Waals surface area (Å²) >= 11 is 1.70. The summed E-state index contributed by atoms with van der Waals surface area (Å²) in [6, 6.07) is 12.7. The van der Waals surface area contributed by atoms with Crippen molar-refractivity contribution in [3.05, 3.63) is 53.6 Å². The first kappa shape index (κ1) is 19.0. The Hall–Kier alpha value is -2.80. The van der Waals surface area contributed by atoms with E-state index in [9.17, 15) is 14.4 Å². The van der Waals surface area contributed by atoms with E-state index in [2.05, 4.69) is 5.32 Å². The van der Waals surface area contributed by atoms with E-state index in [-0.39, 0.29) is 24.0 Å². The first-order valence-corrected chi connectivity index (χ1v) is 9.52. The van der Waals surface area contributed by atoms with Gasteiger partial charge >= 0.3 is 5.97 Å². The van der Waals surface area contributed by atoms with Crippen LogP contribution in [0.4, 0.5) is 11.4 Å². The Kier molecular flexibility index (Phi) is 5.81. The predicted molar refractivity (Wildman–Crippen MR) is 105 cm³/mol. The molecule has 0 bridgehead atoms. The molecule has 0 radical (unpaired) electrons. The Morgan fingerprint density at radius 1 is 1.15 bits per heavy atom. The number of hydrogen-bond acceptors (Lipinski definition) is 5. The van der Waals surface area contributed by atoms with Crippen LogP contribution in [0.25, 0.3) is 0 Å². The number of esters is 1. The van der Waals surface area contributed by atoms with Crippen LogP contribution >= 0.6 is 11.8 Å². The van der Waals surface area contributed by atoms with Crippen molar-refractivity contribution in [1.82, 2.24) is 0 Å². The fraction of sp³-hybridized carbons (Fsp3) is 0.250. The number of rotatable bonds is 4. The van der Waals surface area contributed by atoms with Crippen molar-refractivity contribution >= 4 is 40.9 Å². The molecule has 1 heterocycles. The summed E-state index contributed by atoms with van der Waals surface area (Å²) in [7, 11) is 0. The number of nitrogens with one attached hydrogen (secondary N) is 1. The highest BCUT2D eigenvalue weighted by Crippen LogP contribution is 2.34. The Bertz CT molecular complexity index is 897. The molecule has 0 saturated carbocycles. The maximum atomic E-state index is 12.6. The topological polar surface area (TPSA) is 75.7 Å². The van der Waals surface area contributed by atoms with Crippen LogP contribution in [-0.2, 0) is 14.3 Å². The van der Waals surface area contributed by atoms with Crippen molar-refractivity contribution < 1.29 is 19.1 Å². The number of carbonyl (C=O) groups excluding carboxylic acids is 3. The van der Waals surface area contributed by atoms with Gasteiger partial charge in [0.15, 0.2) is 6.61 Å². The number of amides is 2. The summed E-state index contributed by atoms with van der Waals surface area (Å²) in [4.78, 5) is 39.2. The lowest BCUT2D eigenvalue weighted by atomic mass is 10.1. The van der Waals surface area contributed by atoms with Crippen molar-refractivity contribution in [3.63, 3.8) is 0 Å². The molecule has 0 fully saturated rings. The van der Waals surface area contributed by atoms with E-state index in [4.69, 9.17) is 4.74 Å². The number of benzene rings is 2. The zero-order valence-electron chi connectivity index (χ0n) is 15.2. The molecular weight excluding hydrogens is 364 g/mol. The van der Waals surface area contributed by atoms with Gasteiger partial charge in [-0.05, 0) is 30.7 Å². The van der Waals surface area contributed by atoms with Crippen molar-refractivity contribution in [2.24, 2.45) is 0 Å². The fourth-order valence-corrected chi connectivity index (χ4v) is 3.89. The molecule has 3 rings (SSSR count). The van der Waals surface area contributed by atoms with Crippen LogP contribution in [-0.4, -0.2) is 36.7 Å². The zero-order chi connectivity index (χ0) is 19.4. The minimum atomic E-state index is -0.643. The molecule has 1 N–H and O–H groups in total. The highest BCUT2D eigenvalue weighted by Gasteiger charge is 2.24. The van der Waals surface area contributed by atoms with Gasteiger partial charge in [0.25, 0.3) is 5.91 Å². The second-order valence-electron chi connectivity index (χ2n) is 6.12. The predicted octanol–water partition coefficient (Wildman–Crippen LogP) is 3.25. The van der Waals surface area contributed by atoms with Crippen LogP contribution in [0.15, 0.2) is 47.4 Å². The summed E-state index contributed by atoms with van der Waals surface area (Å²) in [6.45, 7) is 3.37. The average Bonchev–Trinajstić information content (AvgIpc) is 2.66. The average molecular weight is 384 g/mol. The van der Waals surface area contributed by atoms with Crippen LogP contribution in [0.3, 0.4) is 0 Å². The van der Waals surface area contributed by atoms with E-state index in [1.807, 2.05) is 24.3 Å². The number of ether oxygens (including phenoxy) is 1. The molecule has 0 aliphatic carbocycles. The third-order valence-corrected chi connectivity index (χ3v) is 5.19. The summed E-state index contributed by atoms with van der Waals surface area (Å²) < 4.78 is 5.25. The molecule has 0 saturated heterocycles. The number of thioether (sulfide) groups is 1. The second-order valence-corrected chi connectivity index (χ2v) is 7.25. The van der Waals surface area contributed by atoms with Gasteiger partial charge in [-0.15, -0.1) is 11.8 Å². The minimum absolute atomic E-state index is 0.229. The molecule has 2 aromatic carbocycles. The molecule has 1 aliphatic rings. The molecule has 0 atom stereocenters. The summed E-state index contributed by atoms with van der Waals surface area (Å²) in [5.74, 6) is -0.404. The van der Waals surface area contributed by atoms with E-state index in [0.717, 1.165) is 21.9 Å². The lowest BCUT2D eigenvalue weighted by Gasteiger charge is -2.28. The van der Waals surface area contributed by atoms with Gasteiger partial charge in [0.05, 0.1) is 16.9 Å². The summed E-state index contributed by atoms with van der Waals surface area (Å²) in [5, 5.41) is 2.65. The van der Waals surface area contributed by atoms with Crippen LogP contribution in [0.5, 0.6) is 0 Å². The standard InChI is InChI=1S/C20H20N2O4S/c1-13-6-5-7-15(19(13)21-14(2)23)20(25)26-12-18(24)22-10-11-27-17-9-4-3-8-16(17)22/h3-9H,10-12H2,1-2H3,(H,21,23). The van der Waals surface area contributed by atoms with Gasteiger partial charge in [0, 0.05) is 24.1 Å². The number of aryl methyl sites for hydroxylation is 1. The van der Waals surface area contributed by atoms with Crippen LogP contribution < -0.4 is 10.2 Å². The van der Waals surface area contributed by atoms with Gasteiger partial charge in [0.2, 0.25) is 5.91 Å². The summed E-state index contributed by atoms with van der Waals surface area (Å²) in [5.41, 5.74) is 2.21. The number of carbonyl (C=O) groups is 3. The Labute approximate surface area is 161 Å². The van der Waals surface area contributed by atoms with Crippen LogP contribution in [0.1, 0.15) is 22.8 Å². The third-order valence-electron chi connectivity index (χ3n) is 4.15. The minimum Gasteiger partial charge on any atom is -0.452 e. The number of fused-ring (bicyclic) bond motifs is 1. The maximum absolute atomic E-state index is 12.6. The van der Waals surface area contributed by atoms with Gasteiger partial charge in [-0.25, -0.2) is 4.79 Å². The third kappa shape index (κ3) is 4.31. The Morgan fingerprint density at radius 2 is 1.93 bits per heavy atom. The SMILES string of the molecule is CC(=O)Nc1c(C)cccc1C(=O)OCC(=O)N1CCSc2ccccc21. The number of anilines is 2. The first-order chi connectivity index (χ1) is 13.0. The van der Waals surface area contributed by atoms with E-state index in [1.165, 1.54) is 6.92 Å². The number of hydrogen-bond donors (Lipinski definition) is 1. The van der Waals surface area contributed by atoms with Crippen molar-refractivity contribution in [2.75, 3.05) is 29.1 Å². The van der Waals surface area contributed by atoms with Gasteiger partial charge in [0.1, 0.15) is 0 Å². The first-order valence-electron chi connectivity index (χ1n) is 8.54. The van der Waals surface area contributed by atoms with Gasteiger partial charge in [-0.2, -0.15) is 0 Å².